The molecular weight excluding hydrogens is 370 g/mol. The molecule has 29 heavy (non-hydrogen) atoms. The second kappa shape index (κ2) is 9.76. The fourth-order valence-electron chi connectivity index (χ4n) is 2.83. The highest BCUT2D eigenvalue weighted by molar-refractivity contribution is 5.91. The van der Waals surface area contributed by atoms with Crippen LogP contribution in [0.3, 0.4) is 0 Å². The number of hydrogen-bond acceptors (Lipinski definition) is 4. The highest BCUT2D eigenvalue weighted by Gasteiger charge is 2.32. The Morgan fingerprint density at radius 3 is 2.07 bits per heavy atom. The number of likely N-dealkylation sites (N-methyl/N-ethyl adjacent to an activating group) is 1. The van der Waals surface area contributed by atoms with Crippen molar-refractivity contribution in [3.8, 4) is 0 Å². The monoisotopic (exact) mass is 405 g/mol. The number of amides is 3. The normalized spacial score (nSPS) is 13.4. The number of nitrogens with one attached hydrogen (secondary N) is 2. The topological polar surface area (TPSA) is 87.7 Å². The van der Waals surface area contributed by atoms with E-state index >= 15 is 0 Å². The summed E-state index contributed by atoms with van der Waals surface area (Å²) in [6, 6.07) is 3.96. The Bertz CT molecular complexity index is 753. The van der Waals surface area contributed by atoms with E-state index in [-0.39, 0.29) is 11.9 Å². The first kappa shape index (κ1) is 24.5. The largest absolute Gasteiger partial charge is 0.444 e. The Balaban J connectivity index is 3.10. The van der Waals surface area contributed by atoms with E-state index in [4.69, 9.17) is 4.74 Å². The predicted octanol–water partition coefficient (Wildman–Crippen LogP) is 3.24. The van der Waals surface area contributed by atoms with Crippen LogP contribution in [0, 0.1) is 13.8 Å². The lowest BCUT2D eigenvalue weighted by atomic mass is 9.99. The van der Waals surface area contributed by atoms with Crippen LogP contribution in [0.4, 0.5) is 4.79 Å². The van der Waals surface area contributed by atoms with E-state index in [0.717, 1.165) is 11.1 Å². The molecule has 0 fully saturated rings. The van der Waals surface area contributed by atoms with E-state index in [1.807, 2.05) is 45.9 Å². The summed E-state index contributed by atoms with van der Waals surface area (Å²) in [6.45, 7) is 14.5. The van der Waals surface area contributed by atoms with Gasteiger partial charge in [0.2, 0.25) is 11.8 Å². The zero-order valence-corrected chi connectivity index (χ0v) is 19.0. The van der Waals surface area contributed by atoms with Crippen molar-refractivity contribution in [3.05, 3.63) is 34.9 Å². The minimum atomic E-state index is -0.851. The molecule has 0 aromatic heterocycles. The van der Waals surface area contributed by atoms with Crippen LogP contribution in [-0.2, 0) is 14.3 Å². The van der Waals surface area contributed by atoms with Gasteiger partial charge in [-0.05, 0) is 72.1 Å². The molecule has 1 aromatic carbocycles. The molecule has 7 nitrogen and oxygen atoms in total. The molecule has 0 heterocycles. The fraction of sp³-hybridized carbons (Fsp3) is 0.591. The highest BCUT2D eigenvalue weighted by atomic mass is 16.6. The Labute approximate surface area is 174 Å². The smallest absolute Gasteiger partial charge is 0.408 e. The quantitative estimate of drug-likeness (QED) is 0.761. The minimum absolute atomic E-state index is 0.0719. The van der Waals surface area contributed by atoms with E-state index in [1.54, 1.807) is 34.7 Å². The van der Waals surface area contributed by atoms with Crippen molar-refractivity contribution >= 4 is 17.9 Å². The van der Waals surface area contributed by atoms with Crippen LogP contribution in [0.2, 0.25) is 0 Å². The fourth-order valence-corrected chi connectivity index (χ4v) is 2.83. The van der Waals surface area contributed by atoms with Gasteiger partial charge in [-0.15, -0.1) is 0 Å². The minimum Gasteiger partial charge on any atom is -0.444 e. The van der Waals surface area contributed by atoms with Crippen LogP contribution in [0.15, 0.2) is 18.2 Å². The van der Waals surface area contributed by atoms with Gasteiger partial charge in [-0.3, -0.25) is 9.59 Å². The summed E-state index contributed by atoms with van der Waals surface area (Å²) < 4.78 is 5.21. The van der Waals surface area contributed by atoms with Crippen molar-refractivity contribution in [3.63, 3.8) is 0 Å². The van der Waals surface area contributed by atoms with Crippen molar-refractivity contribution in [1.29, 1.82) is 0 Å². The molecule has 7 heteroatoms. The van der Waals surface area contributed by atoms with Gasteiger partial charge in [-0.25, -0.2) is 4.79 Å². The number of nitrogens with zero attached hydrogens (tertiary/aromatic N) is 1. The number of hydrogen-bond donors (Lipinski definition) is 2. The Hall–Kier alpha value is -2.57. The first-order valence-electron chi connectivity index (χ1n) is 9.86. The van der Waals surface area contributed by atoms with Gasteiger partial charge >= 0.3 is 6.09 Å². The number of benzene rings is 1. The number of carbonyl (C=O) groups excluding carboxylic acids is 3. The van der Waals surface area contributed by atoms with Gasteiger partial charge < -0.3 is 20.3 Å². The SMILES string of the molecule is Cc1ccc(C(C(=O)NC(C)C)N(C)C(=O)C(C)NC(=O)OC(C)(C)C)cc1C. The summed E-state index contributed by atoms with van der Waals surface area (Å²) in [5, 5.41) is 5.42. The molecule has 0 saturated heterocycles. The standard InChI is InChI=1S/C22H35N3O4/c1-13(2)23-19(26)18(17-11-10-14(3)15(4)12-17)25(9)20(27)16(5)24-21(28)29-22(6,7)8/h10-13,16,18H,1-9H3,(H,23,26)(H,24,28). The predicted molar refractivity (Wildman–Crippen MR) is 114 cm³/mol. The maximum absolute atomic E-state index is 13.0. The van der Waals surface area contributed by atoms with Crippen LogP contribution >= 0.6 is 0 Å². The van der Waals surface area contributed by atoms with Gasteiger partial charge in [0.1, 0.15) is 17.7 Å². The second-order valence-corrected chi connectivity index (χ2v) is 8.73. The van der Waals surface area contributed by atoms with E-state index in [0.29, 0.717) is 5.56 Å². The summed E-state index contributed by atoms with van der Waals surface area (Å²) in [6.07, 6.45) is -0.680. The van der Waals surface area contributed by atoms with Gasteiger partial charge in [0.05, 0.1) is 0 Å². The number of alkyl carbamates (subject to hydrolysis) is 1. The second-order valence-electron chi connectivity index (χ2n) is 8.73. The van der Waals surface area contributed by atoms with E-state index < -0.39 is 29.7 Å². The molecule has 2 unspecified atom stereocenters. The Kier molecular flexibility index (Phi) is 8.24. The molecule has 1 aromatic rings. The Morgan fingerprint density at radius 1 is 1.00 bits per heavy atom. The number of rotatable bonds is 6. The molecule has 0 saturated carbocycles. The zero-order chi connectivity index (χ0) is 22.5. The van der Waals surface area contributed by atoms with E-state index in [9.17, 15) is 14.4 Å². The molecule has 2 atom stereocenters. The van der Waals surface area contributed by atoms with Crippen molar-refractivity contribution in [2.24, 2.45) is 0 Å². The highest BCUT2D eigenvalue weighted by Crippen LogP contribution is 2.23. The third-order valence-corrected chi connectivity index (χ3v) is 4.36. The van der Waals surface area contributed by atoms with Crippen LogP contribution in [0.25, 0.3) is 0 Å². The molecule has 0 radical (unpaired) electrons. The molecule has 0 aliphatic heterocycles. The molecule has 2 N–H and O–H groups in total. The first-order chi connectivity index (χ1) is 13.2. The molecule has 0 bridgehead atoms. The molecule has 0 aliphatic rings. The van der Waals surface area contributed by atoms with E-state index in [1.165, 1.54) is 4.90 Å². The van der Waals surface area contributed by atoms with Crippen LogP contribution in [0.5, 0.6) is 0 Å². The average molecular weight is 406 g/mol. The van der Waals surface area contributed by atoms with Crippen LogP contribution in [-0.4, -0.2) is 47.5 Å². The summed E-state index contributed by atoms with van der Waals surface area (Å²) >= 11 is 0. The van der Waals surface area contributed by atoms with Crippen molar-refractivity contribution in [2.45, 2.75) is 79.1 Å². The van der Waals surface area contributed by atoms with E-state index in [2.05, 4.69) is 10.6 Å². The summed E-state index contributed by atoms with van der Waals surface area (Å²) in [5.74, 6) is -0.665. The number of ether oxygens (including phenoxy) is 1. The third-order valence-electron chi connectivity index (χ3n) is 4.36. The van der Waals surface area contributed by atoms with Gasteiger partial charge in [-0.2, -0.15) is 0 Å². The van der Waals surface area contributed by atoms with Crippen molar-refractivity contribution in [2.75, 3.05) is 7.05 Å². The number of carbonyl (C=O) groups is 3. The summed E-state index contributed by atoms with van der Waals surface area (Å²) in [4.78, 5) is 39.3. The molecule has 0 aliphatic carbocycles. The summed E-state index contributed by atoms with van der Waals surface area (Å²) in [7, 11) is 1.56. The lowest BCUT2D eigenvalue weighted by molar-refractivity contribution is -0.140. The third kappa shape index (κ3) is 7.40. The molecule has 1 rings (SSSR count). The first-order valence-corrected chi connectivity index (χ1v) is 9.86. The number of aryl methyl sites for hydroxylation is 2. The van der Waals surface area contributed by atoms with Gasteiger partial charge in [0.25, 0.3) is 0 Å². The molecular formula is C22H35N3O4. The van der Waals surface area contributed by atoms with Crippen molar-refractivity contribution in [1.82, 2.24) is 15.5 Å². The van der Waals surface area contributed by atoms with Gasteiger partial charge in [0, 0.05) is 13.1 Å². The Morgan fingerprint density at radius 2 is 1.59 bits per heavy atom. The molecule has 162 valence electrons. The average Bonchev–Trinajstić information content (AvgIpc) is 2.54. The van der Waals surface area contributed by atoms with Gasteiger partial charge in [0.15, 0.2) is 0 Å². The summed E-state index contributed by atoms with van der Waals surface area (Å²) in [5.41, 5.74) is 2.18. The zero-order valence-electron chi connectivity index (χ0n) is 19.0. The lowest BCUT2D eigenvalue weighted by Gasteiger charge is -2.31. The van der Waals surface area contributed by atoms with Crippen molar-refractivity contribution < 1.29 is 19.1 Å². The lowest BCUT2D eigenvalue weighted by Crippen LogP contribution is -2.51. The molecule has 3 amide bonds. The van der Waals surface area contributed by atoms with Crippen LogP contribution in [0.1, 0.15) is 64.3 Å². The van der Waals surface area contributed by atoms with Crippen LogP contribution < -0.4 is 10.6 Å². The van der Waals surface area contributed by atoms with Gasteiger partial charge in [-0.1, -0.05) is 18.2 Å². The maximum atomic E-state index is 13.0. The molecule has 0 spiro atoms. The maximum Gasteiger partial charge on any atom is 0.408 e.